The number of ether oxygens (including phenoxy) is 2. The number of alkyl halides is 2. The lowest BCUT2D eigenvalue weighted by molar-refractivity contribution is -0.0498. The average molecular weight is 293 g/mol. The van der Waals surface area contributed by atoms with E-state index in [9.17, 15) is 8.78 Å². The first kappa shape index (κ1) is 15.1. The molecule has 0 fully saturated rings. The van der Waals surface area contributed by atoms with Crippen LogP contribution in [0.4, 0.5) is 14.5 Å². The summed E-state index contributed by atoms with van der Waals surface area (Å²) in [4.78, 5) is 0. The molecule has 2 rings (SSSR count). The van der Waals surface area contributed by atoms with Crippen molar-refractivity contribution in [1.82, 2.24) is 0 Å². The molecule has 0 aromatic heterocycles. The van der Waals surface area contributed by atoms with E-state index in [2.05, 4.69) is 10.1 Å². The Hall–Kier alpha value is -2.30. The fourth-order valence-corrected chi connectivity index (χ4v) is 1.98. The van der Waals surface area contributed by atoms with Crippen LogP contribution in [0.25, 0.3) is 0 Å². The summed E-state index contributed by atoms with van der Waals surface area (Å²) in [5.41, 5.74) is 1.78. The van der Waals surface area contributed by atoms with Crippen LogP contribution in [0.5, 0.6) is 11.5 Å². The molecule has 5 heteroatoms. The van der Waals surface area contributed by atoms with Crippen molar-refractivity contribution in [1.29, 1.82) is 0 Å². The van der Waals surface area contributed by atoms with Crippen molar-refractivity contribution in [3.63, 3.8) is 0 Å². The van der Waals surface area contributed by atoms with Gasteiger partial charge in [-0.3, -0.25) is 0 Å². The Bertz CT molecular complexity index is 573. The second-order valence-electron chi connectivity index (χ2n) is 4.55. The van der Waals surface area contributed by atoms with Gasteiger partial charge in [-0.25, -0.2) is 0 Å². The summed E-state index contributed by atoms with van der Waals surface area (Å²) in [7, 11) is 1.61. The molecule has 3 nitrogen and oxygen atoms in total. The first-order chi connectivity index (χ1) is 10.1. The van der Waals surface area contributed by atoms with Gasteiger partial charge in [0, 0.05) is 11.7 Å². The van der Waals surface area contributed by atoms with E-state index in [1.54, 1.807) is 19.2 Å². The van der Waals surface area contributed by atoms with Crippen molar-refractivity contribution in [2.24, 2.45) is 0 Å². The van der Waals surface area contributed by atoms with Crippen molar-refractivity contribution < 1.29 is 18.3 Å². The van der Waals surface area contributed by atoms with Gasteiger partial charge in [0.1, 0.15) is 11.5 Å². The number of benzene rings is 2. The third-order valence-electron chi connectivity index (χ3n) is 3.06. The number of anilines is 1. The number of hydrogen-bond acceptors (Lipinski definition) is 3. The molecule has 0 saturated heterocycles. The minimum atomic E-state index is -2.81. The topological polar surface area (TPSA) is 30.5 Å². The normalized spacial score (nSPS) is 12.0. The smallest absolute Gasteiger partial charge is 0.387 e. The van der Waals surface area contributed by atoms with Crippen LogP contribution in [0.15, 0.2) is 48.5 Å². The molecule has 0 saturated carbocycles. The third kappa shape index (κ3) is 4.34. The monoisotopic (exact) mass is 293 g/mol. The van der Waals surface area contributed by atoms with Crippen molar-refractivity contribution in [2.75, 3.05) is 12.4 Å². The molecule has 0 spiro atoms. The van der Waals surface area contributed by atoms with Gasteiger partial charge < -0.3 is 14.8 Å². The minimum absolute atomic E-state index is 0.0420. The van der Waals surface area contributed by atoms with Crippen LogP contribution in [0.1, 0.15) is 18.5 Å². The van der Waals surface area contributed by atoms with Gasteiger partial charge in [0.25, 0.3) is 0 Å². The maximum atomic E-state index is 12.2. The van der Waals surface area contributed by atoms with Gasteiger partial charge in [0.15, 0.2) is 0 Å². The molecule has 0 amide bonds. The summed E-state index contributed by atoms with van der Waals surface area (Å²) >= 11 is 0. The lowest BCUT2D eigenvalue weighted by atomic mass is 10.1. The summed E-state index contributed by atoms with van der Waals surface area (Å²) in [6.45, 7) is -0.865. The molecular formula is C16H17F2NO2. The Morgan fingerprint density at radius 3 is 2.33 bits per heavy atom. The highest BCUT2D eigenvalue weighted by Gasteiger charge is 2.09. The third-order valence-corrected chi connectivity index (χ3v) is 3.06. The molecule has 112 valence electrons. The van der Waals surface area contributed by atoms with Crippen LogP contribution in [-0.2, 0) is 0 Å². The zero-order chi connectivity index (χ0) is 15.2. The molecule has 0 aliphatic carbocycles. The summed E-state index contributed by atoms with van der Waals surface area (Å²) < 4.78 is 33.9. The lowest BCUT2D eigenvalue weighted by Gasteiger charge is -2.17. The van der Waals surface area contributed by atoms with Gasteiger partial charge in [-0.1, -0.05) is 12.1 Å². The van der Waals surface area contributed by atoms with E-state index in [0.29, 0.717) is 0 Å². The van der Waals surface area contributed by atoms with Crippen LogP contribution in [0, 0.1) is 0 Å². The van der Waals surface area contributed by atoms with Crippen LogP contribution in [0.2, 0.25) is 0 Å². The molecule has 0 aliphatic rings. The Labute approximate surface area is 122 Å². The molecule has 0 aliphatic heterocycles. The highest BCUT2D eigenvalue weighted by Crippen LogP contribution is 2.24. The van der Waals surface area contributed by atoms with E-state index < -0.39 is 6.61 Å². The number of halogens is 2. The molecule has 0 heterocycles. The Morgan fingerprint density at radius 2 is 1.71 bits per heavy atom. The average Bonchev–Trinajstić information content (AvgIpc) is 2.47. The number of hydrogen-bond donors (Lipinski definition) is 1. The van der Waals surface area contributed by atoms with Crippen molar-refractivity contribution in [3.05, 3.63) is 54.1 Å². The second-order valence-corrected chi connectivity index (χ2v) is 4.55. The van der Waals surface area contributed by atoms with Crippen molar-refractivity contribution in [2.45, 2.75) is 19.6 Å². The minimum Gasteiger partial charge on any atom is -0.497 e. The van der Waals surface area contributed by atoms with E-state index in [0.717, 1.165) is 17.0 Å². The van der Waals surface area contributed by atoms with Gasteiger partial charge >= 0.3 is 6.61 Å². The highest BCUT2D eigenvalue weighted by molar-refractivity contribution is 5.48. The summed E-state index contributed by atoms with van der Waals surface area (Å²) in [5, 5.41) is 3.29. The van der Waals surface area contributed by atoms with E-state index in [1.807, 2.05) is 37.3 Å². The van der Waals surface area contributed by atoms with Crippen LogP contribution in [-0.4, -0.2) is 13.7 Å². The molecule has 0 bridgehead atoms. The predicted octanol–water partition coefficient (Wildman–Crippen LogP) is 4.47. The SMILES string of the molecule is COc1ccc(NC(C)c2cccc(OC(F)F)c2)cc1. The van der Waals surface area contributed by atoms with Crippen molar-refractivity contribution in [3.8, 4) is 11.5 Å². The van der Waals surface area contributed by atoms with E-state index in [1.165, 1.54) is 6.07 Å². The molecular weight excluding hydrogens is 276 g/mol. The summed E-state index contributed by atoms with van der Waals surface area (Å²) in [6, 6.07) is 14.1. The van der Waals surface area contributed by atoms with Gasteiger partial charge in [0.05, 0.1) is 7.11 Å². The molecule has 1 atom stereocenters. The Kier molecular flexibility index (Phi) is 4.98. The van der Waals surface area contributed by atoms with Crippen LogP contribution in [0.3, 0.4) is 0 Å². The molecule has 0 radical (unpaired) electrons. The number of nitrogens with one attached hydrogen (secondary N) is 1. The molecule has 2 aromatic rings. The number of rotatable bonds is 6. The lowest BCUT2D eigenvalue weighted by Crippen LogP contribution is -2.07. The van der Waals surface area contributed by atoms with Crippen LogP contribution < -0.4 is 14.8 Å². The zero-order valence-electron chi connectivity index (χ0n) is 11.8. The van der Waals surface area contributed by atoms with Crippen molar-refractivity contribution >= 4 is 5.69 Å². The zero-order valence-corrected chi connectivity index (χ0v) is 11.8. The first-order valence-corrected chi connectivity index (χ1v) is 6.54. The van der Waals surface area contributed by atoms with Gasteiger partial charge in [-0.15, -0.1) is 0 Å². The highest BCUT2D eigenvalue weighted by atomic mass is 19.3. The van der Waals surface area contributed by atoms with Gasteiger partial charge in [-0.2, -0.15) is 8.78 Å². The predicted molar refractivity (Wildman–Crippen MR) is 78.1 cm³/mol. The van der Waals surface area contributed by atoms with E-state index in [4.69, 9.17) is 4.74 Å². The van der Waals surface area contributed by atoms with E-state index in [-0.39, 0.29) is 11.8 Å². The van der Waals surface area contributed by atoms with Gasteiger partial charge in [0.2, 0.25) is 0 Å². The summed E-state index contributed by atoms with van der Waals surface area (Å²) in [5.74, 6) is 0.936. The number of methoxy groups -OCH3 is 1. The fourth-order valence-electron chi connectivity index (χ4n) is 1.98. The molecule has 1 N–H and O–H groups in total. The fraction of sp³-hybridized carbons (Fsp3) is 0.250. The first-order valence-electron chi connectivity index (χ1n) is 6.54. The molecule has 1 unspecified atom stereocenters. The Balaban J connectivity index is 2.06. The largest absolute Gasteiger partial charge is 0.497 e. The molecule has 21 heavy (non-hydrogen) atoms. The standard InChI is InChI=1S/C16H17F2NO2/c1-11(19-13-6-8-14(20-2)9-7-13)12-4-3-5-15(10-12)21-16(17)18/h3-11,16,19H,1-2H3. The Morgan fingerprint density at radius 1 is 1.00 bits per heavy atom. The van der Waals surface area contributed by atoms with Crippen LogP contribution >= 0.6 is 0 Å². The molecule has 2 aromatic carbocycles. The maximum Gasteiger partial charge on any atom is 0.387 e. The quantitative estimate of drug-likeness (QED) is 0.852. The maximum absolute atomic E-state index is 12.2. The van der Waals surface area contributed by atoms with Gasteiger partial charge in [-0.05, 0) is 48.9 Å². The summed E-state index contributed by atoms with van der Waals surface area (Å²) in [6.07, 6.45) is 0. The second kappa shape index (κ2) is 6.92. The van der Waals surface area contributed by atoms with E-state index >= 15 is 0 Å².